The predicted octanol–water partition coefficient (Wildman–Crippen LogP) is 3.24. The molecule has 6 heteroatoms. The second-order valence-corrected chi connectivity index (χ2v) is 6.71. The molecule has 1 aliphatic heterocycles. The summed E-state index contributed by atoms with van der Waals surface area (Å²) in [6, 6.07) is 3.30. The number of Topliss-reactive ketones (excluding diaryl/α,β-unsaturated/α-hetero) is 1. The van der Waals surface area contributed by atoms with Crippen molar-refractivity contribution >= 4 is 23.0 Å². The zero-order chi connectivity index (χ0) is 17.0. The molecule has 23 heavy (non-hydrogen) atoms. The smallest absolute Gasteiger partial charge is 0.290 e. The molecular weight excluding hydrogens is 314 g/mol. The van der Waals surface area contributed by atoms with Crippen LogP contribution >= 0.6 is 11.3 Å². The molecule has 0 aliphatic carbocycles. The summed E-state index contributed by atoms with van der Waals surface area (Å²) < 4.78 is 5.51. The van der Waals surface area contributed by atoms with Crippen LogP contribution < -0.4 is 0 Å². The quantitative estimate of drug-likeness (QED) is 0.740. The van der Waals surface area contributed by atoms with Crippen LogP contribution in [-0.4, -0.2) is 41.0 Å². The number of rotatable bonds is 8. The highest BCUT2D eigenvalue weighted by atomic mass is 32.1. The Labute approximate surface area is 140 Å². The monoisotopic (exact) mass is 337 g/mol. The molecule has 0 radical (unpaired) electrons. The lowest BCUT2D eigenvalue weighted by molar-refractivity contribution is -0.129. The van der Waals surface area contributed by atoms with Gasteiger partial charge in [-0.2, -0.15) is 0 Å². The normalized spacial score (nSPS) is 18.3. The van der Waals surface area contributed by atoms with Crippen molar-refractivity contribution < 1.29 is 19.4 Å². The predicted molar refractivity (Wildman–Crippen MR) is 89.4 cm³/mol. The van der Waals surface area contributed by atoms with Gasteiger partial charge in [0.1, 0.15) is 0 Å². The summed E-state index contributed by atoms with van der Waals surface area (Å²) in [5, 5.41) is 12.1. The standard InChI is InChI=1S/C17H23NO4S/c1-4-12(19)14-15(13-7-5-10-23-13)18(17(21)16(14)20)8-6-9-22-11(2)3/h5,7,10-11,15,20H,4,6,8-9H2,1-3H3. The van der Waals surface area contributed by atoms with E-state index >= 15 is 0 Å². The molecule has 5 nitrogen and oxygen atoms in total. The fourth-order valence-corrected chi connectivity index (χ4v) is 3.50. The Morgan fingerprint density at radius 1 is 1.48 bits per heavy atom. The van der Waals surface area contributed by atoms with Gasteiger partial charge in [0.15, 0.2) is 11.5 Å². The maximum atomic E-state index is 12.4. The van der Waals surface area contributed by atoms with E-state index in [2.05, 4.69) is 0 Å². The van der Waals surface area contributed by atoms with Gasteiger partial charge in [0.2, 0.25) is 0 Å². The Balaban J connectivity index is 2.21. The zero-order valence-electron chi connectivity index (χ0n) is 13.7. The van der Waals surface area contributed by atoms with E-state index in [1.807, 2.05) is 31.4 Å². The van der Waals surface area contributed by atoms with Gasteiger partial charge in [-0.1, -0.05) is 13.0 Å². The van der Waals surface area contributed by atoms with E-state index in [-0.39, 0.29) is 23.9 Å². The molecule has 1 atom stereocenters. The number of carbonyl (C=O) groups excluding carboxylic acids is 2. The van der Waals surface area contributed by atoms with E-state index < -0.39 is 17.7 Å². The van der Waals surface area contributed by atoms with Crippen LogP contribution in [-0.2, 0) is 14.3 Å². The molecular formula is C17H23NO4S. The minimum absolute atomic E-state index is 0.140. The summed E-state index contributed by atoms with van der Waals surface area (Å²) in [6.07, 6.45) is 1.06. The summed E-state index contributed by atoms with van der Waals surface area (Å²) in [4.78, 5) is 27.1. The highest BCUT2D eigenvalue weighted by Crippen LogP contribution is 2.39. The first-order chi connectivity index (χ1) is 11.0. The summed E-state index contributed by atoms with van der Waals surface area (Å²) in [7, 11) is 0. The molecule has 1 aliphatic rings. The Morgan fingerprint density at radius 2 is 2.22 bits per heavy atom. The van der Waals surface area contributed by atoms with Crippen LogP contribution in [0.1, 0.15) is 44.5 Å². The van der Waals surface area contributed by atoms with Crippen molar-refractivity contribution in [1.29, 1.82) is 0 Å². The van der Waals surface area contributed by atoms with Gasteiger partial charge < -0.3 is 14.7 Å². The summed E-state index contributed by atoms with van der Waals surface area (Å²) in [6.45, 7) is 6.63. The zero-order valence-corrected chi connectivity index (χ0v) is 14.6. The highest BCUT2D eigenvalue weighted by molar-refractivity contribution is 7.10. The molecule has 1 aromatic rings. The van der Waals surface area contributed by atoms with Crippen LogP contribution in [0.4, 0.5) is 0 Å². The molecule has 126 valence electrons. The molecule has 1 aromatic heterocycles. The number of amides is 1. The second-order valence-electron chi connectivity index (χ2n) is 5.73. The van der Waals surface area contributed by atoms with E-state index in [0.717, 1.165) is 4.88 Å². The van der Waals surface area contributed by atoms with Crippen molar-refractivity contribution in [2.45, 2.75) is 45.8 Å². The van der Waals surface area contributed by atoms with E-state index in [0.29, 0.717) is 19.6 Å². The molecule has 1 amide bonds. The Morgan fingerprint density at radius 3 is 2.78 bits per heavy atom. The van der Waals surface area contributed by atoms with Gasteiger partial charge in [0, 0.05) is 24.4 Å². The van der Waals surface area contributed by atoms with Crippen LogP contribution in [0.15, 0.2) is 28.8 Å². The maximum Gasteiger partial charge on any atom is 0.290 e. The molecule has 2 heterocycles. The van der Waals surface area contributed by atoms with Crippen molar-refractivity contribution in [2.24, 2.45) is 0 Å². The van der Waals surface area contributed by atoms with Crippen molar-refractivity contribution in [2.75, 3.05) is 13.2 Å². The van der Waals surface area contributed by atoms with Crippen LogP contribution in [0.25, 0.3) is 0 Å². The summed E-state index contributed by atoms with van der Waals surface area (Å²) in [5.41, 5.74) is 0.227. The third-order valence-corrected chi connectivity index (χ3v) is 4.66. The van der Waals surface area contributed by atoms with Gasteiger partial charge >= 0.3 is 0 Å². The van der Waals surface area contributed by atoms with Gasteiger partial charge in [-0.3, -0.25) is 9.59 Å². The van der Waals surface area contributed by atoms with Crippen molar-refractivity contribution in [1.82, 2.24) is 4.90 Å². The fraction of sp³-hybridized carbons (Fsp3) is 0.529. The molecule has 0 saturated heterocycles. The molecule has 0 saturated carbocycles. The number of nitrogens with zero attached hydrogens (tertiary/aromatic N) is 1. The number of aliphatic hydroxyl groups excluding tert-OH is 1. The first kappa shape index (κ1) is 17.7. The van der Waals surface area contributed by atoms with Crippen LogP contribution in [0.2, 0.25) is 0 Å². The Bertz CT molecular complexity index is 592. The topological polar surface area (TPSA) is 66.8 Å². The van der Waals surface area contributed by atoms with Crippen molar-refractivity contribution in [3.8, 4) is 0 Å². The summed E-state index contributed by atoms with van der Waals surface area (Å²) >= 11 is 1.48. The fourth-order valence-electron chi connectivity index (χ4n) is 2.66. The molecule has 1 N–H and O–H groups in total. The molecule has 1 unspecified atom stereocenters. The molecule has 0 fully saturated rings. The number of aliphatic hydroxyl groups is 1. The number of hydrogen-bond acceptors (Lipinski definition) is 5. The maximum absolute atomic E-state index is 12.4. The number of carbonyl (C=O) groups is 2. The van der Waals surface area contributed by atoms with Crippen LogP contribution in [0, 0.1) is 0 Å². The minimum Gasteiger partial charge on any atom is -0.503 e. The second kappa shape index (κ2) is 7.75. The average molecular weight is 337 g/mol. The summed E-state index contributed by atoms with van der Waals surface area (Å²) in [5.74, 6) is -1.06. The van der Waals surface area contributed by atoms with Crippen LogP contribution in [0.5, 0.6) is 0 Å². The van der Waals surface area contributed by atoms with E-state index in [4.69, 9.17) is 4.74 Å². The van der Waals surface area contributed by atoms with Crippen molar-refractivity contribution in [3.63, 3.8) is 0 Å². The van der Waals surface area contributed by atoms with Crippen LogP contribution in [0.3, 0.4) is 0 Å². The van der Waals surface area contributed by atoms with Gasteiger partial charge in [-0.25, -0.2) is 0 Å². The lowest BCUT2D eigenvalue weighted by atomic mass is 10.0. The minimum atomic E-state index is -0.478. The highest BCUT2D eigenvalue weighted by Gasteiger charge is 2.42. The molecule has 0 aromatic carbocycles. The lowest BCUT2D eigenvalue weighted by Crippen LogP contribution is -2.32. The SMILES string of the molecule is CCC(=O)C1=C(O)C(=O)N(CCCOC(C)C)C1c1cccs1. The first-order valence-corrected chi connectivity index (χ1v) is 8.77. The number of ether oxygens (including phenoxy) is 1. The third kappa shape index (κ3) is 3.82. The largest absolute Gasteiger partial charge is 0.503 e. The molecule has 0 spiro atoms. The Kier molecular flexibility index (Phi) is 5.96. The average Bonchev–Trinajstić information content (AvgIpc) is 3.12. The number of thiophene rings is 1. The molecule has 0 bridgehead atoms. The number of ketones is 1. The van der Waals surface area contributed by atoms with Gasteiger partial charge in [0.25, 0.3) is 5.91 Å². The lowest BCUT2D eigenvalue weighted by Gasteiger charge is -2.25. The van der Waals surface area contributed by atoms with E-state index in [9.17, 15) is 14.7 Å². The number of hydrogen-bond donors (Lipinski definition) is 1. The van der Waals surface area contributed by atoms with Gasteiger partial charge in [0.05, 0.1) is 17.7 Å². The van der Waals surface area contributed by atoms with Gasteiger partial charge in [-0.05, 0) is 31.7 Å². The first-order valence-electron chi connectivity index (χ1n) is 7.89. The van der Waals surface area contributed by atoms with E-state index in [1.165, 1.54) is 11.3 Å². The molecule has 2 rings (SSSR count). The van der Waals surface area contributed by atoms with Gasteiger partial charge in [-0.15, -0.1) is 11.3 Å². The van der Waals surface area contributed by atoms with E-state index in [1.54, 1.807) is 11.8 Å². The van der Waals surface area contributed by atoms with Crippen molar-refractivity contribution in [3.05, 3.63) is 33.7 Å². The third-order valence-electron chi connectivity index (χ3n) is 3.73. The Hall–Kier alpha value is -1.66.